The van der Waals surface area contributed by atoms with Gasteiger partial charge >= 0.3 is 5.97 Å². The lowest BCUT2D eigenvalue weighted by Crippen LogP contribution is -2.19. The topological polar surface area (TPSA) is 60.4 Å². The molecule has 0 heterocycles. The predicted octanol–water partition coefficient (Wildman–Crippen LogP) is 4.15. The zero-order valence-electron chi connectivity index (χ0n) is 15.4. The average Bonchev–Trinajstić information content (AvgIpc) is 2.60. The van der Waals surface area contributed by atoms with Gasteiger partial charge in [-0.3, -0.25) is 4.79 Å². The van der Waals surface area contributed by atoms with Crippen LogP contribution in [0.15, 0.2) is 77.2 Å². The number of sulfone groups is 1. The summed E-state index contributed by atoms with van der Waals surface area (Å²) in [4.78, 5) is 13.1. The molecule has 0 saturated carbocycles. The normalized spacial score (nSPS) is 16.4. The van der Waals surface area contributed by atoms with Crippen molar-refractivity contribution in [1.82, 2.24) is 0 Å². The van der Waals surface area contributed by atoms with Gasteiger partial charge in [-0.15, -0.1) is 0 Å². The Labute approximate surface area is 160 Å². The Hall–Kier alpha value is -2.66. The first kappa shape index (κ1) is 19.1. The summed E-state index contributed by atoms with van der Waals surface area (Å²) in [5, 5.41) is 0. The van der Waals surface area contributed by atoms with Crippen LogP contribution in [0.2, 0.25) is 0 Å². The van der Waals surface area contributed by atoms with Crippen LogP contribution in [-0.4, -0.2) is 27.2 Å². The van der Waals surface area contributed by atoms with Gasteiger partial charge in [0.2, 0.25) is 0 Å². The van der Waals surface area contributed by atoms with E-state index in [1.54, 1.807) is 31.2 Å². The van der Waals surface area contributed by atoms with Crippen LogP contribution in [0, 0.1) is 0 Å². The van der Waals surface area contributed by atoms with Gasteiger partial charge in [0.25, 0.3) is 0 Å². The van der Waals surface area contributed by atoms with E-state index in [1.165, 1.54) is 6.26 Å². The summed E-state index contributed by atoms with van der Waals surface area (Å²) in [6.45, 7) is 2.09. The van der Waals surface area contributed by atoms with Crippen molar-refractivity contribution in [2.75, 3.05) is 12.9 Å². The maximum atomic E-state index is 12.9. The van der Waals surface area contributed by atoms with E-state index in [9.17, 15) is 13.2 Å². The van der Waals surface area contributed by atoms with Gasteiger partial charge in [-0.05, 0) is 47.8 Å². The van der Waals surface area contributed by atoms with Crippen LogP contribution >= 0.6 is 0 Å². The molecule has 1 aliphatic carbocycles. The van der Waals surface area contributed by atoms with Crippen molar-refractivity contribution in [3.8, 4) is 0 Å². The molecule has 0 bridgehead atoms. The molecule has 5 heteroatoms. The molecular weight excluding hydrogens is 360 g/mol. The highest BCUT2D eigenvalue weighted by molar-refractivity contribution is 7.90. The van der Waals surface area contributed by atoms with Gasteiger partial charge in [-0.1, -0.05) is 54.6 Å². The fourth-order valence-corrected chi connectivity index (χ4v) is 3.78. The monoisotopic (exact) mass is 382 g/mol. The largest absolute Gasteiger partial charge is 0.465 e. The molecule has 2 aromatic carbocycles. The number of esters is 1. The van der Waals surface area contributed by atoms with E-state index in [-0.39, 0.29) is 10.9 Å². The number of hydrogen-bond acceptors (Lipinski definition) is 4. The van der Waals surface area contributed by atoms with Gasteiger partial charge in [0.1, 0.15) is 5.92 Å². The van der Waals surface area contributed by atoms with Crippen LogP contribution in [0.4, 0.5) is 0 Å². The average molecular weight is 382 g/mol. The number of allylic oxidation sites excluding steroid dienone is 3. The quantitative estimate of drug-likeness (QED) is 0.704. The minimum atomic E-state index is -3.28. The van der Waals surface area contributed by atoms with Crippen LogP contribution in [0.25, 0.3) is 5.57 Å². The molecule has 2 aromatic rings. The van der Waals surface area contributed by atoms with Gasteiger partial charge in [-0.2, -0.15) is 0 Å². The molecule has 0 amide bonds. The highest BCUT2D eigenvalue weighted by atomic mass is 32.2. The molecule has 0 radical (unpaired) electrons. The summed E-state index contributed by atoms with van der Waals surface area (Å²) in [6, 6.07) is 16.2. The van der Waals surface area contributed by atoms with Crippen LogP contribution in [0.1, 0.15) is 30.4 Å². The molecule has 0 N–H and O–H groups in total. The number of hydrogen-bond donors (Lipinski definition) is 0. The second-order valence-electron chi connectivity index (χ2n) is 6.44. The van der Waals surface area contributed by atoms with Crippen LogP contribution < -0.4 is 0 Å². The minimum absolute atomic E-state index is 0.257. The molecule has 0 saturated heterocycles. The third kappa shape index (κ3) is 4.19. The van der Waals surface area contributed by atoms with Crippen LogP contribution in [0.5, 0.6) is 0 Å². The summed E-state index contributed by atoms with van der Waals surface area (Å²) < 4.78 is 28.9. The third-order valence-electron chi connectivity index (χ3n) is 4.54. The van der Waals surface area contributed by atoms with Gasteiger partial charge in [-0.25, -0.2) is 8.42 Å². The second-order valence-corrected chi connectivity index (χ2v) is 8.45. The maximum Gasteiger partial charge on any atom is 0.317 e. The Morgan fingerprint density at radius 3 is 2.19 bits per heavy atom. The molecule has 1 unspecified atom stereocenters. The summed E-state index contributed by atoms with van der Waals surface area (Å²) in [6.07, 6.45) is 5.98. The SMILES string of the molecule is CCOC(=O)C(C(=C1C=CC1)c1ccc(S(C)(=O)=O)cc1)c1ccccc1. The highest BCUT2D eigenvalue weighted by Gasteiger charge is 2.30. The van der Waals surface area contributed by atoms with E-state index in [0.717, 1.165) is 28.7 Å². The molecule has 0 spiro atoms. The maximum absolute atomic E-state index is 12.9. The smallest absolute Gasteiger partial charge is 0.317 e. The van der Waals surface area contributed by atoms with Crippen molar-refractivity contribution in [2.24, 2.45) is 0 Å². The highest BCUT2D eigenvalue weighted by Crippen LogP contribution is 2.39. The van der Waals surface area contributed by atoms with Crippen molar-refractivity contribution >= 4 is 21.4 Å². The lowest BCUT2D eigenvalue weighted by molar-refractivity contribution is -0.143. The number of carbonyl (C=O) groups excluding carboxylic acids is 1. The number of rotatable bonds is 6. The van der Waals surface area contributed by atoms with Crippen LogP contribution in [0.3, 0.4) is 0 Å². The number of ether oxygens (including phenoxy) is 1. The summed E-state index contributed by atoms with van der Waals surface area (Å²) in [5.41, 5.74) is 3.60. The molecule has 1 atom stereocenters. The second kappa shape index (κ2) is 7.92. The molecule has 27 heavy (non-hydrogen) atoms. The fourth-order valence-electron chi connectivity index (χ4n) is 3.15. The van der Waals surface area contributed by atoms with E-state index in [4.69, 9.17) is 4.74 Å². The van der Waals surface area contributed by atoms with E-state index >= 15 is 0 Å². The Bertz CT molecular complexity index is 984. The predicted molar refractivity (Wildman–Crippen MR) is 106 cm³/mol. The van der Waals surface area contributed by atoms with Crippen molar-refractivity contribution in [1.29, 1.82) is 0 Å². The molecule has 140 valence electrons. The molecule has 0 aromatic heterocycles. The zero-order valence-corrected chi connectivity index (χ0v) is 16.2. The molecule has 3 rings (SSSR count). The first-order valence-electron chi connectivity index (χ1n) is 8.83. The Balaban J connectivity index is 2.13. The Morgan fingerprint density at radius 2 is 1.70 bits per heavy atom. The minimum Gasteiger partial charge on any atom is -0.465 e. The van der Waals surface area contributed by atoms with Crippen molar-refractivity contribution in [2.45, 2.75) is 24.2 Å². The van der Waals surface area contributed by atoms with E-state index in [1.807, 2.05) is 42.5 Å². The third-order valence-corrected chi connectivity index (χ3v) is 5.67. The van der Waals surface area contributed by atoms with Crippen LogP contribution in [-0.2, 0) is 19.4 Å². The van der Waals surface area contributed by atoms with Crippen molar-refractivity contribution < 1.29 is 17.9 Å². The van der Waals surface area contributed by atoms with Crippen molar-refractivity contribution in [3.05, 3.63) is 83.4 Å². The van der Waals surface area contributed by atoms with Crippen molar-refractivity contribution in [3.63, 3.8) is 0 Å². The molecule has 4 nitrogen and oxygen atoms in total. The first-order valence-corrected chi connectivity index (χ1v) is 10.7. The lowest BCUT2D eigenvalue weighted by atomic mass is 9.80. The summed E-state index contributed by atoms with van der Waals surface area (Å²) in [7, 11) is -3.28. The first-order chi connectivity index (χ1) is 12.9. The lowest BCUT2D eigenvalue weighted by Gasteiger charge is -2.25. The van der Waals surface area contributed by atoms with E-state index < -0.39 is 15.8 Å². The van der Waals surface area contributed by atoms with Gasteiger partial charge < -0.3 is 4.74 Å². The van der Waals surface area contributed by atoms with E-state index in [0.29, 0.717) is 6.61 Å². The standard InChI is InChI=1S/C22H22O4S/c1-3-26-22(23)21(17-8-5-4-6-9-17)20(16-10-7-11-16)18-12-14-19(15-13-18)27(2,24)25/h4-10,12-15,21H,3,11H2,1-2H3. The van der Waals surface area contributed by atoms with E-state index in [2.05, 4.69) is 0 Å². The molecular formula is C22H22O4S. The number of carbonyl (C=O) groups is 1. The van der Waals surface area contributed by atoms with Gasteiger partial charge in [0.05, 0.1) is 11.5 Å². The molecule has 1 aliphatic rings. The Morgan fingerprint density at radius 1 is 1.07 bits per heavy atom. The molecule has 0 aliphatic heterocycles. The zero-order chi connectivity index (χ0) is 19.4. The number of benzene rings is 2. The Kier molecular flexibility index (Phi) is 5.61. The molecule has 0 fully saturated rings. The summed E-state index contributed by atoms with van der Waals surface area (Å²) >= 11 is 0. The fraction of sp³-hybridized carbons (Fsp3) is 0.227. The van der Waals surface area contributed by atoms with Gasteiger partial charge in [0.15, 0.2) is 9.84 Å². The van der Waals surface area contributed by atoms with Gasteiger partial charge in [0, 0.05) is 6.26 Å². The summed E-state index contributed by atoms with van der Waals surface area (Å²) in [5.74, 6) is -0.867.